The topological polar surface area (TPSA) is 15.9 Å². The zero-order valence-corrected chi connectivity index (χ0v) is 13.9. The van der Waals surface area contributed by atoms with Crippen LogP contribution in [0.15, 0.2) is 54.6 Å². The lowest BCUT2D eigenvalue weighted by Gasteiger charge is -2.22. The Bertz CT molecular complexity index is 800. The van der Waals surface area contributed by atoms with Crippen LogP contribution in [0.2, 0.25) is 0 Å². The van der Waals surface area contributed by atoms with E-state index in [4.69, 9.17) is 4.98 Å². The number of thiazole rings is 1. The molecule has 1 atom stereocenters. The van der Waals surface area contributed by atoms with Gasteiger partial charge in [0, 0.05) is 5.69 Å². The molecular formula is C20H20N2S. The van der Waals surface area contributed by atoms with Crippen LogP contribution < -0.4 is 4.90 Å². The SMILES string of the molecule is c1ccc(N2[C@H](c3nc4ccccc4s3)C23CCCCC3)cc1. The zero-order chi connectivity index (χ0) is 15.3. The number of hydrogen-bond acceptors (Lipinski definition) is 3. The second-order valence-corrected chi connectivity index (χ2v) is 7.85. The van der Waals surface area contributed by atoms with Crippen molar-refractivity contribution in [1.82, 2.24) is 4.98 Å². The Labute approximate surface area is 140 Å². The molecule has 2 heterocycles. The van der Waals surface area contributed by atoms with Crippen LogP contribution in [0.4, 0.5) is 5.69 Å². The van der Waals surface area contributed by atoms with Crippen molar-refractivity contribution >= 4 is 27.2 Å². The van der Waals surface area contributed by atoms with Gasteiger partial charge in [-0.15, -0.1) is 11.3 Å². The molecule has 2 nitrogen and oxygen atoms in total. The second kappa shape index (κ2) is 5.07. The van der Waals surface area contributed by atoms with E-state index in [-0.39, 0.29) is 0 Å². The molecule has 1 aromatic heterocycles. The van der Waals surface area contributed by atoms with E-state index in [1.54, 1.807) is 0 Å². The zero-order valence-electron chi connectivity index (χ0n) is 13.1. The number of nitrogens with zero attached hydrogens (tertiary/aromatic N) is 2. The van der Waals surface area contributed by atoms with Crippen molar-refractivity contribution in [3.05, 3.63) is 59.6 Å². The van der Waals surface area contributed by atoms with E-state index in [1.165, 1.54) is 47.5 Å². The average Bonchev–Trinajstić information content (AvgIpc) is 3.02. The molecule has 0 bridgehead atoms. The van der Waals surface area contributed by atoms with Gasteiger partial charge in [0.05, 0.1) is 15.8 Å². The number of para-hydroxylation sites is 2. The second-order valence-electron chi connectivity index (χ2n) is 6.79. The number of anilines is 1. The molecule has 3 heteroatoms. The Morgan fingerprint density at radius 3 is 2.43 bits per heavy atom. The first-order valence-electron chi connectivity index (χ1n) is 8.58. The third-order valence-corrected chi connectivity index (χ3v) is 6.57. The Morgan fingerprint density at radius 1 is 0.913 bits per heavy atom. The molecule has 23 heavy (non-hydrogen) atoms. The maximum absolute atomic E-state index is 4.98. The summed E-state index contributed by atoms with van der Waals surface area (Å²) < 4.78 is 1.31. The van der Waals surface area contributed by atoms with Crippen LogP contribution in [0.5, 0.6) is 0 Å². The van der Waals surface area contributed by atoms with Gasteiger partial charge in [0.1, 0.15) is 11.0 Å². The van der Waals surface area contributed by atoms with E-state index in [0.29, 0.717) is 11.6 Å². The van der Waals surface area contributed by atoms with Gasteiger partial charge in [-0.05, 0) is 37.1 Å². The highest BCUT2D eigenvalue weighted by Gasteiger charge is 2.64. The van der Waals surface area contributed by atoms with Gasteiger partial charge in [0.15, 0.2) is 0 Å². The fourth-order valence-electron chi connectivity index (χ4n) is 4.39. The van der Waals surface area contributed by atoms with Crippen LogP contribution in [0.1, 0.15) is 43.2 Å². The van der Waals surface area contributed by atoms with Crippen LogP contribution >= 0.6 is 11.3 Å². The maximum Gasteiger partial charge on any atom is 0.119 e. The summed E-state index contributed by atoms with van der Waals surface area (Å²) >= 11 is 1.88. The van der Waals surface area contributed by atoms with Gasteiger partial charge in [-0.25, -0.2) is 4.98 Å². The molecule has 2 aromatic carbocycles. The molecule has 0 radical (unpaired) electrons. The summed E-state index contributed by atoms with van der Waals surface area (Å²) in [5.41, 5.74) is 2.84. The summed E-state index contributed by atoms with van der Waals surface area (Å²) in [5, 5.41) is 1.30. The minimum Gasteiger partial charge on any atom is -0.351 e. The molecule has 0 N–H and O–H groups in total. The molecule has 5 rings (SSSR count). The van der Waals surface area contributed by atoms with E-state index >= 15 is 0 Å². The summed E-state index contributed by atoms with van der Waals surface area (Å²) in [4.78, 5) is 7.62. The molecule has 3 aromatic rings. The fraction of sp³-hybridized carbons (Fsp3) is 0.350. The van der Waals surface area contributed by atoms with Crippen LogP contribution in [0.25, 0.3) is 10.2 Å². The Morgan fingerprint density at radius 2 is 1.65 bits per heavy atom. The lowest BCUT2D eigenvalue weighted by atomic mass is 9.86. The largest absolute Gasteiger partial charge is 0.351 e. The number of hydrogen-bond donors (Lipinski definition) is 0. The Hall–Kier alpha value is -1.87. The Balaban J connectivity index is 1.59. The van der Waals surface area contributed by atoms with Crippen LogP contribution in [-0.2, 0) is 0 Å². The molecule has 1 saturated carbocycles. The average molecular weight is 320 g/mol. The first-order chi connectivity index (χ1) is 11.4. The number of benzene rings is 2. The predicted molar refractivity (Wildman–Crippen MR) is 97.1 cm³/mol. The fourth-order valence-corrected chi connectivity index (χ4v) is 5.56. The lowest BCUT2D eigenvalue weighted by Crippen LogP contribution is -2.21. The molecule has 0 unspecified atom stereocenters. The first kappa shape index (κ1) is 13.6. The number of rotatable bonds is 2. The smallest absolute Gasteiger partial charge is 0.119 e. The summed E-state index contributed by atoms with van der Waals surface area (Å²) in [7, 11) is 0. The van der Waals surface area contributed by atoms with Crippen LogP contribution in [-0.4, -0.2) is 10.5 Å². The standard InChI is InChI=1S/C20H20N2S/c1-3-9-15(10-4-1)22-18(20(22)13-7-2-8-14-20)19-21-16-11-5-6-12-17(16)23-19/h1,3-6,9-12,18H,2,7-8,13-14H2/t18-,22?/m1/s1. The normalized spacial score (nSPS) is 22.6. The van der Waals surface area contributed by atoms with Crippen molar-refractivity contribution in [2.75, 3.05) is 4.90 Å². The predicted octanol–water partition coefficient (Wildman–Crippen LogP) is 5.56. The molecule has 116 valence electrons. The van der Waals surface area contributed by atoms with Crippen molar-refractivity contribution in [2.24, 2.45) is 0 Å². The van der Waals surface area contributed by atoms with Crippen molar-refractivity contribution in [2.45, 2.75) is 43.7 Å². The van der Waals surface area contributed by atoms with Gasteiger partial charge in [-0.2, -0.15) is 0 Å². The molecular weight excluding hydrogens is 300 g/mol. The minimum absolute atomic E-state index is 0.327. The van der Waals surface area contributed by atoms with E-state index in [0.717, 1.165) is 5.52 Å². The van der Waals surface area contributed by atoms with Crippen LogP contribution in [0, 0.1) is 0 Å². The lowest BCUT2D eigenvalue weighted by molar-refractivity contribution is 0.408. The van der Waals surface area contributed by atoms with Gasteiger partial charge < -0.3 is 4.90 Å². The molecule has 1 aliphatic heterocycles. The molecule has 2 fully saturated rings. The molecule has 0 amide bonds. The first-order valence-corrected chi connectivity index (χ1v) is 9.40. The number of aromatic nitrogens is 1. The monoisotopic (exact) mass is 320 g/mol. The third-order valence-electron chi connectivity index (χ3n) is 5.48. The summed E-state index contributed by atoms with van der Waals surface area (Å²) in [6.07, 6.45) is 6.71. The molecule has 1 saturated heterocycles. The summed E-state index contributed by atoms with van der Waals surface area (Å²) in [6, 6.07) is 19.9. The number of fused-ring (bicyclic) bond motifs is 1. The van der Waals surface area contributed by atoms with Crippen molar-refractivity contribution in [3.8, 4) is 0 Å². The highest BCUT2D eigenvalue weighted by atomic mass is 32.1. The van der Waals surface area contributed by atoms with Gasteiger partial charge in [0.25, 0.3) is 0 Å². The highest BCUT2D eigenvalue weighted by molar-refractivity contribution is 7.18. The van der Waals surface area contributed by atoms with Crippen molar-refractivity contribution in [1.29, 1.82) is 0 Å². The summed E-state index contributed by atoms with van der Waals surface area (Å²) in [6.45, 7) is 0. The van der Waals surface area contributed by atoms with Crippen LogP contribution in [0.3, 0.4) is 0 Å². The van der Waals surface area contributed by atoms with E-state index in [9.17, 15) is 0 Å². The third kappa shape index (κ3) is 2.03. The van der Waals surface area contributed by atoms with Gasteiger partial charge in [0.2, 0.25) is 0 Å². The maximum atomic E-state index is 4.98. The quantitative estimate of drug-likeness (QED) is 0.575. The van der Waals surface area contributed by atoms with Gasteiger partial charge >= 0.3 is 0 Å². The molecule has 2 aliphatic rings. The summed E-state index contributed by atoms with van der Waals surface area (Å²) in [5.74, 6) is 0. The Kier molecular flexibility index (Phi) is 2.99. The van der Waals surface area contributed by atoms with E-state index in [1.807, 2.05) is 11.3 Å². The highest BCUT2D eigenvalue weighted by Crippen LogP contribution is 2.62. The van der Waals surface area contributed by atoms with Gasteiger partial charge in [-0.1, -0.05) is 49.6 Å². The van der Waals surface area contributed by atoms with Crippen molar-refractivity contribution in [3.63, 3.8) is 0 Å². The van der Waals surface area contributed by atoms with Crippen molar-refractivity contribution < 1.29 is 0 Å². The molecule has 1 aliphatic carbocycles. The molecule has 1 spiro atoms. The van der Waals surface area contributed by atoms with E-state index < -0.39 is 0 Å². The minimum atomic E-state index is 0.327. The van der Waals surface area contributed by atoms with E-state index in [2.05, 4.69) is 59.5 Å². The van der Waals surface area contributed by atoms with Gasteiger partial charge in [-0.3, -0.25) is 0 Å².